The highest BCUT2D eigenvalue weighted by Gasteiger charge is 2.13. The highest BCUT2D eigenvalue weighted by molar-refractivity contribution is 5.75. The molecule has 0 aromatic rings. The van der Waals surface area contributed by atoms with Crippen molar-refractivity contribution in [2.75, 3.05) is 13.1 Å². The molecule has 1 saturated carbocycles. The molecule has 0 spiro atoms. The molecular weight excluding hydrogens is 236 g/mol. The van der Waals surface area contributed by atoms with Crippen molar-refractivity contribution in [2.45, 2.75) is 65.2 Å². The number of nitrogens with one attached hydrogen (secondary N) is 1. The average Bonchev–Trinajstić information content (AvgIpc) is 2.92. The third-order valence-corrected chi connectivity index (χ3v) is 3.83. The van der Waals surface area contributed by atoms with Gasteiger partial charge in [-0.15, -0.1) is 0 Å². The van der Waals surface area contributed by atoms with Crippen molar-refractivity contribution in [1.82, 2.24) is 10.2 Å². The van der Waals surface area contributed by atoms with E-state index in [-0.39, 0.29) is 6.03 Å². The van der Waals surface area contributed by atoms with Crippen LogP contribution in [0.4, 0.5) is 4.79 Å². The molecule has 3 nitrogen and oxygen atoms in total. The topological polar surface area (TPSA) is 32.3 Å². The van der Waals surface area contributed by atoms with Gasteiger partial charge in [0.1, 0.15) is 0 Å². The van der Waals surface area contributed by atoms with E-state index in [1.807, 2.05) is 11.1 Å². The largest absolute Gasteiger partial charge is 0.325 e. The van der Waals surface area contributed by atoms with Crippen molar-refractivity contribution in [3.8, 4) is 0 Å². The van der Waals surface area contributed by atoms with Gasteiger partial charge in [-0.25, -0.2) is 4.79 Å². The van der Waals surface area contributed by atoms with Crippen LogP contribution in [0, 0.1) is 5.92 Å². The van der Waals surface area contributed by atoms with Crippen molar-refractivity contribution in [2.24, 2.45) is 5.92 Å². The van der Waals surface area contributed by atoms with Crippen LogP contribution < -0.4 is 5.32 Å². The van der Waals surface area contributed by atoms with E-state index in [9.17, 15) is 4.79 Å². The first-order valence-corrected chi connectivity index (χ1v) is 8.00. The van der Waals surface area contributed by atoms with Crippen LogP contribution in [-0.4, -0.2) is 24.0 Å². The zero-order valence-electron chi connectivity index (χ0n) is 12.7. The molecule has 0 atom stereocenters. The lowest BCUT2D eigenvalue weighted by Gasteiger charge is -2.21. The molecule has 1 rings (SSSR count). The number of rotatable bonds is 8. The minimum atomic E-state index is 0.0659. The Balaban J connectivity index is 2.32. The highest BCUT2D eigenvalue weighted by Crippen LogP contribution is 2.25. The molecule has 19 heavy (non-hydrogen) atoms. The second-order valence-corrected chi connectivity index (χ2v) is 5.55. The van der Waals surface area contributed by atoms with E-state index in [1.165, 1.54) is 25.7 Å². The molecule has 1 N–H and O–H groups in total. The lowest BCUT2D eigenvalue weighted by Crippen LogP contribution is -2.38. The predicted molar refractivity (Wildman–Crippen MR) is 81.0 cm³/mol. The Hall–Kier alpha value is -0.990. The fourth-order valence-corrected chi connectivity index (χ4v) is 2.51. The molecule has 0 heterocycles. The van der Waals surface area contributed by atoms with Crippen LogP contribution in [0.5, 0.6) is 0 Å². The molecule has 0 aromatic carbocycles. The second kappa shape index (κ2) is 9.88. The molecule has 0 saturated heterocycles. The van der Waals surface area contributed by atoms with Gasteiger partial charge in [0.25, 0.3) is 0 Å². The summed E-state index contributed by atoms with van der Waals surface area (Å²) in [5.74, 6) is 0.681. The summed E-state index contributed by atoms with van der Waals surface area (Å²) >= 11 is 0. The van der Waals surface area contributed by atoms with Crippen LogP contribution in [0.2, 0.25) is 0 Å². The molecule has 1 aliphatic carbocycles. The normalized spacial score (nSPS) is 16.1. The molecule has 0 bridgehead atoms. The van der Waals surface area contributed by atoms with Gasteiger partial charge >= 0.3 is 6.03 Å². The Morgan fingerprint density at radius 2 is 1.74 bits per heavy atom. The maximum Gasteiger partial charge on any atom is 0.321 e. The van der Waals surface area contributed by atoms with Gasteiger partial charge in [-0.05, 0) is 31.6 Å². The lowest BCUT2D eigenvalue weighted by atomic mass is 10.1. The van der Waals surface area contributed by atoms with Gasteiger partial charge in [0, 0.05) is 19.3 Å². The van der Waals surface area contributed by atoms with E-state index in [0.717, 1.165) is 38.8 Å². The summed E-state index contributed by atoms with van der Waals surface area (Å²) < 4.78 is 0. The first kappa shape index (κ1) is 16.1. The average molecular weight is 266 g/mol. The Labute approximate surface area is 118 Å². The summed E-state index contributed by atoms with van der Waals surface area (Å²) in [6, 6.07) is 0.0659. The van der Waals surface area contributed by atoms with E-state index >= 15 is 0 Å². The van der Waals surface area contributed by atoms with Gasteiger partial charge in [0.2, 0.25) is 0 Å². The molecule has 110 valence electrons. The third kappa shape index (κ3) is 6.65. The van der Waals surface area contributed by atoms with Gasteiger partial charge in [-0.2, -0.15) is 0 Å². The van der Waals surface area contributed by atoms with Crippen molar-refractivity contribution in [1.29, 1.82) is 0 Å². The quantitative estimate of drug-likeness (QED) is 0.698. The molecule has 1 fully saturated rings. The number of amides is 2. The molecule has 3 heteroatoms. The van der Waals surface area contributed by atoms with Gasteiger partial charge in [0.05, 0.1) is 0 Å². The molecule has 0 unspecified atom stereocenters. The van der Waals surface area contributed by atoms with Crippen LogP contribution in [0.25, 0.3) is 0 Å². The van der Waals surface area contributed by atoms with Crippen LogP contribution in [0.3, 0.4) is 0 Å². The highest BCUT2D eigenvalue weighted by atomic mass is 16.2. The number of unbranched alkanes of at least 4 members (excludes halogenated alkanes) is 2. The smallest absolute Gasteiger partial charge is 0.321 e. The first-order valence-electron chi connectivity index (χ1n) is 8.00. The minimum absolute atomic E-state index is 0.0659. The van der Waals surface area contributed by atoms with E-state index < -0.39 is 0 Å². The van der Waals surface area contributed by atoms with E-state index in [1.54, 1.807) is 0 Å². The zero-order valence-corrected chi connectivity index (χ0v) is 12.7. The van der Waals surface area contributed by atoms with Gasteiger partial charge in [-0.3, -0.25) is 0 Å². The van der Waals surface area contributed by atoms with Crippen molar-refractivity contribution < 1.29 is 4.79 Å². The zero-order chi connectivity index (χ0) is 13.9. The Morgan fingerprint density at radius 3 is 2.26 bits per heavy atom. The summed E-state index contributed by atoms with van der Waals surface area (Å²) in [5, 5.41) is 2.93. The van der Waals surface area contributed by atoms with E-state index in [2.05, 4.69) is 25.2 Å². The number of carbonyl (C=O) groups is 1. The summed E-state index contributed by atoms with van der Waals surface area (Å²) in [6.07, 6.45) is 13.7. The first-order chi connectivity index (χ1) is 9.27. The summed E-state index contributed by atoms with van der Waals surface area (Å²) in [6.45, 7) is 6.07. The van der Waals surface area contributed by atoms with Gasteiger partial charge in [0.15, 0.2) is 0 Å². The standard InChI is InChI=1S/C16H30N2O/c1-3-5-13-18(14-6-4-2)16(19)17-12-11-15-9-7-8-10-15/h11-12,15H,3-10,13-14H2,1-2H3,(H,17,19)/b12-11+. The molecule has 1 aliphatic rings. The fraction of sp³-hybridized carbons (Fsp3) is 0.812. The SMILES string of the molecule is CCCCN(CCCC)C(=O)N/C=C/C1CCCC1. The lowest BCUT2D eigenvalue weighted by molar-refractivity contribution is 0.199. The monoisotopic (exact) mass is 266 g/mol. The molecule has 0 radical (unpaired) electrons. The molecular formula is C16H30N2O. The third-order valence-electron chi connectivity index (χ3n) is 3.83. The minimum Gasteiger partial charge on any atom is -0.325 e. The number of carbonyl (C=O) groups excluding carboxylic acids is 1. The van der Waals surface area contributed by atoms with E-state index in [4.69, 9.17) is 0 Å². The number of hydrogen-bond donors (Lipinski definition) is 1. The van der Waals surface area contributed by atoms with Crippen LogP contribution >= 0.6 is 0 Å². The van der Waals surface area contributed by atoms with Gasteiger partial charge in [-0.1, -0.05) is 45.6 Å². The van der Waals surface area contributed by atoms with Gasteiger partial charge < -0.3 is 10.2 Å². The predicted octanol–water partition coefficient (Wildman–Crippen LogP) is 4.30. The Morgan fingerprint density at radius 1 is 1.16 bits per heavy atom. The summed E-state index contributed by atoms with van der Waals surface area (Å²) in [4.78, 5) is 14.0. The van der Waals surface area contributed by atoms with Crippen molar-refractivity contribution >= 4 is 6.03 Å². The maximum absolute atomic E-state index is 12.1. The van der Waals surface area contributed by atoms with Crippen LogP contribution in [0.15, 0.2) is 12.3 Å². The number of urea groups is 1. The maximum atomic E-state index is 12.1. The molecule has 0 aromatic heterocycles. The van der Waals surface area contributed by atoms with E-state index in [0.29, 0.717) is 5.92 Å². The summed E-state index contributed by atoms with van der Waals surface area (Å²) in [7, 11) is 0. The Bertz CT molecular complexity index is 262. The number of allylic oxidation sites excluding steroid dienone is 1. The van der Waals surface area contributed by atoms with Crippen LogP contribution in [0.1, 0.15) is 65.2 Å². The summed E-state index contributed by atoms with van der Waals surface area (Å²) in [5.41, 5.74) is 0. The number of nitrogens with zero attached hydrogens (tertiary/aromatic N) is 1. The molecule has 0 aliphatic heterocycles. The van der Waals surface area contributed by atoms with Crippen molar-refractivity contribution in [3.63, 3.8) is 0 Å². The van der Waals surface area contributed by atoms with Crippen molar-refractivity contribution in [3.05, 3.63) is 12.3 Å². The second-order valence-electron chi connectivity index (χ2n) is 5.55. The van der Waals surface area contributed by atoms with Crippen LogP contribution in [-0.2, 0) is 0 Å². The number of hydrogen-bond acceptors (Lipinski definition) is 1. The fourth-order valence-electron chi connectivity index (χ4n) is 2.51. The Kier molecular flexibility index (Phi) is 8.35. The molecule has 2 amide bonds.